The summed E-state index contributed by atoms with van der Waals surface area (Å²) in [5.41, 5.74) is 1.33. The number of hydrogen-bond donors (Lipinski definition) is 1. The number of alkyl halides is 1. The van der Waals surface area contributed by atoms with Crippen LogP contribution in [-0.4, -0.2) is 16.6 Å². The largest absolute Gasteiger partial charge is 0.478 e. The van der Waals surface area contributed by atoms with Gasteiger partial charge in [-0.05, 0) is 19.4 Å². The maximum Gasteiger partial charge on any atom is 0.348 e. The van der Waals surface area contributed by atoms with E-state index in [4.69, 9.17) is 5.11 Å². The number of aliphatic carboxylic acids is 1. The fraction of sp³-hybridized carbons (Fsp3) is 0.364. The minimum absolute atomic E-state index is 0.385. The molecule has 1 N–H and O–H groups in total. The van der Waals surface area contributed by atoms with Gasteiger partial charge in [-0.3, -0.25) is 0 Å². The van der Waals surface area contributed by atoms with E-state index >= 15 is 0 Å². The van der Waals surface area contributed by atoms with Crippen LogP contribution in [0.25, 0.3) is 0 Å². The van der Waals surface area contributed by atoms with Crippen molar-refractivity contribution >= 4 is 17.7 Å². The molecule has 0 amide bonds. The quantitative estimate of drug-likeness (QED) is 0.861. The average molecular weight is 228 g/mol. The summed E-state index contributed by atoms with van der Waals surface area (Å²) < 4.78 is 12.8. The molecule has 0 bridgehead atoms. The zero-order valence-corrected chi connectivity index (χ0v) is 9.47. The van der Waals surface area contributed by atoms with Crippen molar-refractivity contribution < 1.29 is 14.3 Å². The third-order valence-corrected chi connectivity index (χ3v) is 2.87. The maximum absolute atomic E-state index is 12.8. The van der Waals surface area contributed by atoms with E-state index in [1.165, 1.54) is 0 Å². The molecule has 0 heterocycles. The highest BCUT2D eigenvalue weighted by Crippen LogP contribution is 2.20. The highest BCUT2D eigenvalue weighted by atomic mass is 32.2. The van der Waals surface area contributed by atoms with Crippen molar-refractivity contribution in [3.63, 3.8) is 0 Å². The minimum Gasteiger partial charge on any atom is -0.478 e. The average Bonchev–Trinajstić information content (AvgIpc) is 2.12. The number of hydrogen-bond acceptors (Lipinski definition) is 2. The lowest BCUT2D eigenvalue weighted by Gasteiger charge is -2.05. The van der Waals surface area contributed by atoms with Crippen molar-refractivity contribution in [1.82, 2.24) is 0 Å². The zero-order chi connectivity index (χ0) is 11.4. The molecule has 1 atom stereocenters. The van der Waals surface area contributed by atoms with Gasteiger partial charge in [0.2, 0.25) is 5.50 Å². The molecule has 0 radical (unpaired) electrons. The van der Waals surface area contributed by atoms with E-state index in [1.54, 1.807) is 0 Å². The lowest BCUT2D eigenvalue weighted by molar-refractivity contribution is -0.139. The molecule has 1 rings (SSSR count). The normalized spacial score (nSPS) is 12.5. The second-order valence-corrected chi connectivity index (χ2v) is 4.50. The lowest BCUT2D eigenvalue weighted by Crippen LogP contribution is -2.09. The Morgan fingerprint density at radius 3 is 2.40 bits per heavy atom. The third-order valence-electron chi connectivity index (χ3n) is 1.87. The highest BCUT2D eigenvalue weighted by Gasteiger charge is 2.15. The molecule has 2 nitrogen and oxygen atoms in total. The maximum atomic E-state index is 12.8. The standard InChI is InChI=1S/C11H13FO2S/c1-7-3-8(2)5-9(4-7)6-15-10(12)11(13)14/h3-5,10H,6H2,1-2H3,(H,13,14). The second-order valence-electron chi connectivity index (χ2n) is 3.46. The smallest absolute Gasteiger partial charge is 0.348 e. The van der Waals surface area contributed by atoms with E-state index in [9.17, 15) is 9.18 Å². The second kappa shape index (κ2) is 5.16. The number of carboxylic acid groups (broad SMARTS) is 1. The third kappa shape index (κ3) is 3.91. The summed E-state index contributed by atoms with van der Waals surface area (Å²) in [5, 5.41) is 8.37. The number of benzene rings is 1. The van der Waals surface area contributed by atoms with E-state index < -0.39 is 11.5 Å². The van der Waals surface area contributed by atoms with Gasteiger partial charge >= 0.3 is 5.97 Å². The van der Waals surface area contributed by atoms with Crippen LogP contribution in [0.3, 0.4) is 0 Å². The summed E-state index contributed by atoms with van der Waals surface area (Å²) in [6, 6.07) is 5.90. The molecule has 82 valence electrons. The van der Waals surface area contributed by atoms with Crippen molar-refractivity contribution in [3.05, 3.63) is 34.9 Å². The Morgan fingerprint density at radius 1 is 1.40 bits per heavy atom. The molecule has 0 aliphatic heterocycles. The first-order valence-corrected chi connectivity index (χ1v) is 5.59. The van der Waals surface area contributed by atoms with Crippen LogP contribution >= 0.6 is 11.8 Å². The Kier molecular flexibility index (Phi) is 4.15. The van der Waals surface area contributed by atoms with E-state index in [0.29, 0.717) is 5.75 Å². The van der Waals surface area contributed by atoms with Crippen LogP contribution in [0.15, 0.2) is 18.2 Å². The van der Waals surface area contributed by atoms with Crippen LogP contribution in [0.1, 0.15) is 16.7 Å². The van der Waals surface area contributed by atoms with Crippen molar-refractivity contribution in [2.45, 2.75) is 25.1 Å². The Hall–Kier alpha value is -1.03. The summed E-state index contributed by atoms with van der Waals surface area (Å²) in [5.74, 6) is -1.03. The van der Waals surface area contributed by atoms with Crippen LogP contribution in [0.5, 0.6) is 0 Å². The van der Waals surface area contributed by atoms with Gasteiger partial charge in [0.15, 0.2) is 0 Å². The molecule has 0 saturated heterocycles. The Morgan fingerprint density at radius 2 is 1.93 bits per heavy atom. The predicted octanol–water partition coefficient (Wildman–Crippen LogP) is 2.92. The van der Waals surface area contributed by atoms with Crippen LogP contribution in [0, 0.1) is 13.8 Å². The monoisotopic (exact) mass is 228 g/mol. The molecule has 15 heavy (non-hydrogen) atoms. The summed E-state index contributed by atoms with van der Waals surface area (Å²) in [4.78, 5) is 10.3. The number of carbonyl (C=O) groups is 1. The van der Waals surface area contributed by atoms with Crippen LogP contribution in [0.2, 0.25) is 0 Å². The molecule has 1 aromatic carbocycles. The fourth-order valence-electron chi connectivity index (χ4n) is 1.39. The molecule has 0 aliphatic carbocycles. The summed E-state index contributed by atoms with van der Waals surface area (Å²) in [6.45, 7) is 3.93. The summed E-state index contributed by atoms with van der Waals surface area (Å²) in [6.07, 6.45) is 0. The van der Waals surface area contributed by atoms with Gasteiger partial charge in [-0.15, -0.1) is 11.8 Å². The van der Waals surface area contributed by atoms with E-state index in [2.05, 4.69) is 0 Å². The number of thioether (sulfide) groups is 1. The van der Waals surface area contributed by atoms with Crippen molar-refractivity contribution in [3.8, 4) is 0 Å². The highest BCUT2D eigenvalue weighted by molar-refractivity contribution is 7.99. The molecule has 0 aromatic heterocycles. The van der Waals surface area contributed by atoms with Crippen LogP contribution < -0.4 is 0 Å². The Labute approximate surface area is 92.5 Å². The molecular formula is C11H13FO2S. The first-order valence-electron chi connectivity index (χ1n) is 4.54. The van der Waals surface area contributed by atoms with Crippen molar-refractivity contribution in [1.29, 1.82) is 0 Å². The van der Waals surface area contributed by atoms with Gasteiger partial charge in [-0.25, -0.2) is 9.18 Å². The van der Waals surface area contributed by atoms with Gasteiger partial charge in [0.05, 0.1) is 0 Å². The summed E-state index contributed by atoms with van der Waals surface area (Å²) in [7, 11) is 0. The number of carboxylic acids is 1. The molecule has 0 fully saturated rings. The van der Waals surface area contributed by atoms with Crippen LogP contribution in [0.4, 0.5) is 4.39 Å². The van der Waals surface area contributed by atoms with Crippen LogP contribution in [-0.2, 0) is 10.5 Å². The minimum atomic E-state index is -1.84. The van der Waals surface area contributed by atoms with Gasteiger partial charge < -0.3 is 5.11 Å². The molecule has 1 aromatic rings. The van der Waals surface area contributed by atoms with Gasteiger partial charge in [0, 0.05) is 5.75 Å². The van der Waals surface area contributed by atoms with Gasteiger partial charge in [-0.2, -0.15) is 0 Å². The molecule has 0 spiro atoms. The number of halogens is 1. The van der Waals surface area contributed by atoms with E-state index in [1.807, 2.05) is 32.0 Å². The lowest BCUT2D eigenvalue weighted by atomic mass is 10.1. The first kappa shape index (κ1) is 12.0. The molecule has 0 saturated carbocycles. The predicted molar refractivity (Wildman–Crippen MR) is 59.7 cm³/mol. The van der Waals surface area contributed by atoms with Crippen molar-refractivity contribution in [2.75, 3.05) is 0 Å². The summed E-state index contributed by atoms with van der Waals surface area (Å²) >= 11 is 0.789. The first-order chi connectivity index (χ1) is 6.99. The van der Waals surface area contributed by atoms with Gasteiger partial charge in [0.1, 0.15) is 0 Å². The zero-order valence-electron chi connectivity index (χ0n) is 8.66. The molecule has 1 unspecified atom stereocenters. The number of aryl methyl sites for hydroxylation is 2. The molecule has 0 aliphatic rings. The molecular weight excluding hydrogens is 215 g/mol. The molecule has 4 heteroatoms. The Balaban J connectivity index is 2.61. The van der Waals surface area contributed by atoms with Gasteiger partial charge in [0.25, 0.3) is 0 Å². The Bertz CT molecular complexity index is 345. The fourth-order valence-corrected chi connectivity index (χ4v) is 2.04. The SMILES string of the molecule is Cc1cc(C)cc(CSC(F)C(=O)O)c1. The van der Waals surface area contributed by atoms with Crippen molar-refractivity contribution in [2.24, 2.45) is 0 Å². The number of rotatable bonds is 4. The van der Waals surface area contributed by atoms with E-state index in [0.717, 1.165) is 28.5 Å². The van der Waals surface area contributed by atoms with Gasteiger partial charge in [-0.1, -0.05) is 29.3 Å². The topological polar surface area (TPSA) is 37.3 Å². The van der Waals surface area contributed by atoms with E-state index in [-0.39, 0.29) is 0 Å².